The zero-order valence-corrected chi connectivity index (χ0v) is 16.5. The highest BCUT2D eigenvalue weighted by Crippen LogP contribution is 2.26. The number of nitro groups is 1. The van der Waals surface area contributed by atoms with Crippen molar-refractivity contribution in [1.82, 2.24) is 20.4 Å². The average molecular weight is 417 g/mol. The predicted molar refractivity (Wildman–Crippen MR) is 103 cm³/mol. The molecule has 0 radical (unpaired) electrons. The first-order valence-corrected chi connectivity index (χ1v) is 9.91. The second-order valence-electron chi connectivity index (χ2n) is 7.70. The minimum atomic E-state index is -0.689. The number of carbonyl (C=O) groups is 2. The number of hydrogen-bond donors (Lipinski definition) is 2. The van der Waals surface area contributed by atoms with Crippen LogP contribution in [0.2, 0.25) is 0 Å². The molecule has 2 atom stereocenters. The first-order chi connectivity index (χ1) is 14.4. The summed E-state index contributed by atoms with van der Waals surface area (Å²) in [7, 11) is 0. The standard InChI is InChI=1S/C19H23N5O6/c1-11-8-13(10-23(11)19(26)16-2-3-17(30-16)24(27)28)20-18(25)15-9-14(21-22-15)12-4-6-29-7-5-12/h2-3,9,11-13H,4-8,10H2,1H3,(H,20,25)(H,21,22). The highest BCUT2D eigenvalue weighted by atomic mass is 16.6. The summed E-state index contributed by atoms with van der Waals surface area (Å²) < 4.78 is 10.4. The van der Waals surface area contributed by atoms with Crippen LogP contribution in [0.15, 0.2) is 22.6 Å². The Morgan fingerprint density at radius 1 is 1.33 bits per heavy atom. The van der Waals surface area contributed by atoms with Crippen molar-refractivity contribution in [1.29, 1.82) is 0 Å². The Labute approximate surface area is 171 Å². The Kier molecular flexibility index (Phi) is 5.53. The second-order valence-corrected chi connectivity index (χ2v) is 7.70. The Morgan fingerprint density at radius 3 is 2.80 bits per heavy atom. The molecule has 2 fully saturated rings. The number of likely N-dealkylation sites (tertiary alicyclic amines) is 1. The topological polar surface area (TPSA) is 144 Å². The number of nitrogens with zero attached hydrogens (tertiary/aromatic N) is 3. The monoisotopic (exact) mass is 417 g/mol. The van der Waals surface area contributed by atoms with Gasteiger partial charge >= 0.3 is 5.88 Å². The molecule has 2 saturated heterocycles. The number of H-pyrrole nitrogens is 1. The number of ether oxygens (including phenoxy) is 1. The van der Waals surface area contributed by atoms with Crippen molar-refractivity contribution < 1.29 is 23.7 Å². The highest BCUT2D eigenvalue weighted by Gasteiger charge is 2.36. The van der Waals surface area contributed by atoms with Gasteiger partial charge in [0.2, 0.25) is 0 Å². The van der Waals surface area contributed by atoms with Gasteiger partial charge in [-0.1, -0.05) is 0 Å². The Bertz CT molecular complexity index is 947. The summed E-state index contributed by atoms with van der Waals surface area (Å²) in [4.78, 5) is 36.9. The molecule has 11 heteroatoms. The number of aromatic amines is 1. The van der Waals surface area contributed by atoms with E-state index in [1.165, 1.54) is 6.07 Å². The molecular formula is C19H23N5O6. The number of hydrogen-bond acceptors (Lipinski definition) is 7. The average Bonchev–Trinajstić information content (AvgIpc) is 3.48. The molecular weight excluding hydrogens is 394 g/mol. The van der Waals surface area contributed by atoms with E-state index in [0.717, 1.165) is 24.6 Å². The number of nitrogens with one attached hydrogen (secondary N) is 2. The molecule has 2 amide bonds. The lowest BCUT2D eigenvalue weighted by atomic mass is 9.96. The lowest BCUT2D eigenvalue weighted by Crippen LogP contribution is -2.39. The summed E-state index contributed by atoms with van der Waals surface area (Å²) in [5, 5.41) is 20.8. The van der Waals surface area contributed by atoms with Gasteiger partial charge in [0.1, 0.15) is 10.6 Å². The Balaban J connectivity index is 1.36. The van der Waals surface area contributed by atoms with Crippen LogP contribution < -0.4 is 5.32 Å². The molecule has 2 aromatic rings. The zero-order valence-electron chi connectivity index (χ0n) is 16.5. The van der Waals surface area contributed by atoms with E-state index in [1.54, 1.807) is 11.0 Å². The van der Waals surface area contributed by atoms with Crippen molar-refractivity contribution in [3.05, 3.63) is 45.5 Å². The zero-order chi connectivity index (χ0) is 21.3. The van der Waals surface area contributed by atoms with Gasteiger partial charge in [-0.2, -0.15) is 5.10 Å². The fourth-order valence-corrected chi connectivity index (χ4v) is 4.03. The van der Waals surface area contributed by atoms with E-state index >= 15 is 0 Å². The number of rotatable bonds is 5. The molecule has 0 aliphatic carbocycles. The normalized spacial score (nSPS) is 22.2. The summed E-state index contributed by atoms with van der Waals surface area (Å²) >= 11 is 0. The van der Waals surface area contributed by atoms with Gasteiger partial charge in [-0.05, 0) is 38.3 Å². The van der Waals surface area contributed by atoms with Crippen LogP contribution in [0, 0.1) is 10.1 Å². The lowest BCUT2D eigenvalue weighted by Gasteiger charge is -2.20. The maximum Gasteiger partial charge on any atom is 0.433 e. The van der Waals surface area contributed by atoms with Crippen LogP contribution in [0.5, 0.6) is 0 Å². The quantitative estimate of drug-likeness (QED) is 0.558. The van der Waals surface area contributed by atoms with Crippen LogP contribution >= 0.6 is 0 Å². The minimum Gasteiger partial charge on any atom is -0.395 e. The molecule has 11 nitrogen and oxygen atoms in total. The summed E-state index contributed by atoms with van der Waals surface area (Å²) in [5.41, 5.74) is 1.25. The van der Waals surface area contributed by atoms with E-state index in [4.69, 9.17) is 9.15 Å². The molecule has 2 N–H and O–H groups in total. The fraction of sp³-hybridized carbons (Fsp3) is 0.526. The van der Waals surface area contributed by atoms with E-state index in [0.29, 0.717) is 31.2 Å². The van der Waals surface area contributed by atoms with E-state index < -0.39 is 16.7 Å². The molecule has 2 unspecified atom stereocenters. The van der Waals surface area contributed by atoms with Crippen LogP contribution in [0.1, 0.15) is 58.8 Å². The summed E-state index contributed by atoms with van der Waals surface area (Å²) in [5.74, 6) is -0.994. The van der Waals surface area contributed by atoms with Gasteiger partial charge in [0.05, 0.1) is 6.07 Å². The molecule has 160 valence electrons. The fourth-order valence-electron chi connectivity index (χ4n) is 4.03. The van der Waals surface area contributed by atoms with Crippen molar-refractivity contribution in [3.8, 4) is 0 Å². The Hall–Kier alpha value is -3.21. The van der Waals surface area contributed by atoms with Gasteiger partial charge in [0, 0.05) is 43.5 Å². The second kappa shape index (κ2) is 8.27. The van der Waals surface area contributed by atoms with Crippen molar-refractivity contribution in [2.45, 2.75) is 44.2 Å². The number of carbonyl (C=O) groups excluding carboxylic acids is 2. The van der Waals surface area contributed by atoms with Crippen LogP contribution in [0.3, 0.4) is 0 Å². The van der Waals surface area contributed by atoms with E-state index in [-0.39, 0.29) is 30.3 Å². The summed E-state index contributed by atoms with van der Waals surface area (Å²) in [6.07, 6.45) is 2.36. The van der Waals surface area contributed by atoms with Crippen LogP contribution in [0.4, 0.5) is 5.88 Å². The van der Waals surface area contributed by atoms with Gasteiger partial charge in [0.25, 0.3) is 11.8 Å². The van der Waals surface area contributed by atoms with Crippen LogP contribution in [-0.4, -0.2) is 63.7 Å². The molecule has 2 aromatic heterocycles. The maximum absolute atomic E-state index is 12.6. The van der Waals surface area contributed by atoms with Crippen molar-refractivity contribution in [2.75, 3.05) is 19.8 Å². The Morgan fingerprint density at radius 2 is 2.10 bits per heavy atom. The molecule has 2 aliphatic heterocycles. The smallest absolute Gasteiger partial charge is 0.395 e. The lowest BCUT2D eigenvalue weighted by molar-refractivity contribution is -0.402. The first-order valence-electron chi connectivity index (χ1n) is 9.91. The number of amides is 2. The third-order valence-electron chi connectivity index (χ3n) is 5.64. The van der Waals surface area contributed by atoms with Crippen molar-refractivity contribution >= 4 is 17.7 Å². The van der Waals surface area contributed by atoms with E-state index in [2.05, 4.69) is 15.5 Å². The molecule has 0 spiro atoms. The molecule has 0 bridgehead atoms. The van der Waals surface area contributed by atoms with Gasteiger partial charge in [-0.25, -0.2) is 0 Å². The molecule has 4 heterocycles. The maximum atomic E-state index is 12.6. The molecule has 30 heavy (non-hydrogen) atoms. The highest BCUT2D eigenvalue weighted by molar-refractivity contribution is 5.94. The number of aromatic nitrogens is 2. The third-order valence-corrected chi connectivity index (χ3v) is 5.64. The predicted octanol–water partition coefficient (Wildman–Crippen LogP) is 1.84. The van der Waals surface area contributed by atoms with Crippen LogP contribution in [-0.2, 0) is 4.74 Å². The summed E-state index contributed by atoms with van der Waals surface area (Å²) in [6, 6.07) is 3.82. The molecule has 2 aliphatic rings. The molecule has 4 rings (SSSR count). The van der Waals surface area contributed by atoms with Gasteiger partial charge < -0.3 is 19.4 Å². The largest absolute Gasteiger partial charge is 0.433 e. The minimum absolute atomic E-state index is 0.0890. The summed E-state index contributed by atoms with van der Waals surface area (Å²) in [6.45, 7) is 3.55. The van der Waals surface area contributed by atoms with Gasteiger partial charge in [0.15, 0.2) is 5.76 Å². The number of furan rings is 1. The van der Waals surface area contributed by atoms with E-state index in [1.807, 2.05) is 6.92 Å². The molecule has 0 aromatic carbocycles. The first kappa shape index (κ1) is 20.1. The van der Waals surface area contributed by atoms with E-state index in [9.17, 15) is 19.7 Å². The van der Waals surface area contributed by atoms with Crippen LogP contribution in [0.25, 0.3) is 0 Å². The SMILES string of the molecule is CC1CC(NC(=O)c2cc(C3CCOCC3)[nH]n2)CN1C(=O)c1ccc([N+](=O)[O-])o1. The third kappa shape index (κ3) is 4.06. The van der Waals surface area contributed by atoms with Gasteiger partial charge in [-0.15, -0.1) is 0 Å². The molecule has 0 saturated carbocycles. The van der Waals surface area contributed by atoms with Crippen molar-refractivity contribution in [3.63, 3.8) is 0 Å². The van der Waals surface area contributed by atoms with Crippen molar-refractivity contribution in [2.24, 2.45) is 0 Å². The van der Waals surface area contributed by atoms with Gasteiger partial charge in [-0.3, -0.25) is 24.8 Å².